The molecule has 1 aliphatic heterocycles. The van der Waals surface area contributed by atoms with Gasteiger partial charge in [-0.1, -0.05) is 13.8 Å². The van der Waals surface area contributed by atoms with Crippen LogP contribution in [0.15, 0.2) is 0 Å². The van der Waals surface area contributed by atoms with Crippen LogP contribution in [-0.4, -0.2) is 49.7 Å². The Balaban J connectivity index is 1.63. The number of likely N-dealkylation sites (tertiary alicyclic amines) is 1. The van der Waals surface area contributed by atoms with Crippen molar-refractivity contribution in [1.82, 2.24) is 10.2 Å². The zero-order chi connectivity index (χ0) is 13.8. The van der Waals surface area contributed by atoms with Crippen molar-refractivity contribution < 1.29 is 9.53 Å². The van der Waals surface area contributed by atoms with Crippen molar-refractivity contribution in [2.45, 2.75) is 51.6 Å². The zero-order valence-corrected chi connectivity index (χ0v) is 12.5. The second kappa shape index (κ2) is 6.71. The van der Waals surface area contributed by atoms with Crippen molar-refractivity contribution in [3.63, 3.8) is 0 Å². The van der Waals surface area contributed by atoms with Crippen LogP contribution in [-0.2, 0) is 9.53 Å². The molecule has 4 heteroatoms. The Hall–Kier alpha value is -0.610. The van der Waals surface area contributed by atoms with E-state index in [1.165, 1.54) is 12.8 Å². The first-order valence-corrected chi connectivity index (χ1v) is 7.63. The van der Waals surface area contributed by atoms with E-state index in [1.807, 2.05) is 4.90 Å². The summed E-state index contributed by atoms with van der Waals surface area (Å²) in [6.45, 7) is 6.61. The van der Waals surface area contributed by atoms with Gasteiger partial charge in [0.1, 0.15) is 6.61 Å². The number of carbonyl (C=O) groups is 1. The summed E-state index contributed by atoms with van der Waals surface area (Å²) in [7, 11) is 1.58. The molecule has 19 heavy (non-hydrogen) atoms. The summed E-state index contributed by atoms with van der Waals surface area (Å²) in [5, 5.41) is 3.76. The van der Waals surface area contributed by atoms with Gasteiger partial charge < -0.3 is 15.0 Å². The third kappa shape index (κ3) is 3.93. The van der Waals surface area contributed by atoms with E-state index in [-0.39, 0.29) is 12.5 Å². The highest BCUT2D eigenvalue weighted by Crippen LogP contribution is 2.34. The summed E-state index contributed by atoms with van der Waals surface area (Å²) >= 11 is 0. The Morgan fingerprint density at radius 3 is 2.42 bits per heavy atom. The van der Waals surface area contributed by atoms with Crippen LogP contribution in [0, 0.1) is 11.8 Å². The number of carbonyl (C=O) groups excluding carboxylic acids is 1. The lowest BCUT2D eigenvalue weighted by Crippen LogP contribution is -2.52. The first-order valence-electron chi connectivity index (χ1n) is 7.63. The molecule has 1 N–H and O–H groups in total. The number of rotatable bonds is 5. The predicted octanol–water partition coefficient (Wildman–Crippen LogP) is 1.65. The van der Waals surface area contributed by atoms with Crippen molar-refractivity contribution in [3.8, 4) is 0 Å². The number of nitrogens with zero attached hydrogens (tertiary/aromatic N) is 1. The van der Waals surface area contributed by atoms with E-state index >= 15 is 0 Å². The second-order valence-electron chi connectivity index (χ2n) is 6.43. The van der Waals surface area contributed by atoms with Gasteiger partial charge in [0.25, 0.3) is 0 Å². The molecule has 110 valence electrons. The number of amides is 1. The first kappa shape index (κ1) is 14.8. The van der Waals surface area contributed by atoms with Crippen LogP contribution in [0.25, 0.3) is 0 Å². The standard InChI is InChI=1S/C15H28N2O2/c1-11(2)12-8-14(9-12)16-13-4-6-17(7-5-13)15(18)10-19-3/h11-14,16H,4-10H2,1-3H3. The Bertz CT molecular complexity index is 293. The fourth-order valence-corrected chi connectivity index (χ4v) is 3.19. The Morgan fingerprint density at radius 2 is 1.89 bits per heavy atom. The minimum absolute atomic E-state index is 0.129. The van der Waals surface area contributed by atoms with Gasteiger partial charge in [0.15, 0.2) is 0 Å². The molecule has 1 heterocycles. The summed E-state index contributed by atoms with van der Waals surface area (Å²) in [4.78, 5) is 13.6. The molecule has 1 saturated carbocycles. The number of ether oxygens (including phenoxy) is 1. The average Bonchev–Trinajstić information content (AvgIpc) is 2.33. The van der Waals surface area contributed by atoms with Gasteiger partial charge in [0.05, 0.1) is 0 Å². The molecule has 0 unspecified atom stereocenters. The average molecular weight is 268 g/mol. The molecule has 0 aromatic rings. The van der Waals surface area contributed by atoms with Gasteiger partial charge in [0, 0.05) is 32.3 Å². The Labute approximate surface area is 116 Å². The third-order valence-electron chi connectivity index (χ3n) is 4.70. The molecule has 2 fully saturated rings. The molecule has 0 spiro atoms. The van der Waals surface area contributed by atoms with Gasteiger partial charge in [-0.25, -0.2) is 0 Å². The fourth-order valence-electron chi connectivity index (χ4n) is 3.19. The largest absolute Gasteiger partial charge is 0.375 e. The summed E-state index contributed by atoms with van der Waals surface area (Å²) < 4.78 is 4.90. The number of piperidine rings is 1. The molecular formula is C15H28N2O2. The van der Waals surface area contributed by atoms with Crippen LogP contribution in [0.3, 0.4) is 0 Å². The molecule has 1 amide bonds. The van der Waals surface area contributed by atoms with Crippen molar-refractivity contribution in [2.24, 2.45) is 11.8 Å². The number of hydrogen-bond acceptors (Lipinski definition) is 3. The number of hydrogen-bond donors (Lipinski definition) is 1. The van der Waals surface area contributed by atoms with Crippen molar-refractivity contribution in [1.29, 1.82) is 0 Å². The fraction of sp³-hybridized carbons (Fsp3) is 0.933. The van der Waals surface area contributed by atoms with Crippen LogP contribution in [0.2, 0.25) is 0 Å². The second-order valence-corrected chi connectivity index (χ2v) is 6.43. The van der Waals surface area contributed by atoms with Gasteiger partial charge in [-0.2, -0.15) is 0 Å². The highest BCUT2D eigenvalue weighted by molar-refractivity contribution is 5.77. The SMILES string of the molecule is COCC(=O)N1CCC(NC2CC(C(C)C)C2)CC1. The third-order valence-corrected chi connectivity index (χ3v) is 4.70. The van der Waals surface area contributed by atoms with Crippen LogP contribution in [0.4, 0.5) is 0 Å². The molecule has 0 bridgehead atoms. The summed E-state index contributed by atoms with van der Waals surface area (Å²) in [6, 6.07) is 1.32. The van der Waals surface area contributed by atoms with E-state index in [0.717, 1.165) is 43.8 Å². The molecule has 1 aliphatic carbocycles. The minimum atomic E-state index is 0.129. The van der Waals surface area contributed by atoms with Gasteiger partial charge in [0.2, 0.25) is 5.91 Å². The molecular weight excluding hydrogens is 240 g/mol. The normalized spacial score (nSPS) is 28.5. The van der Waals surface area contributed by atoms with E-state index in [9.17, 15) is 4.79 Å². The van der Waals surface area contributed by atoms with Crippen LogP contribution in [0.5, 0.6) is 0 Å². The summed E-state index contributed by atoms with van der Waals surface area (Å²) in [6.07, 6.45) is 4.83. The van der Waals surface area contributed by atoms with E-state index in [2.05, 4.69) is 19.2 Å². The van der Waals surface area contributed by atoms with Crippen molar-refractivity contribution >= 4 is 5.91 Å². The maximum absolute atomic E-state index is 11.7. The van der Waals surface area contributed by atoms with Crippen molar-refractivity contribution in [2.75, 3.05) is 26.8 Å². The maximum Gasteiger partial charge on any atom is 0.248 e. The molecule has 4 nitrogen and oxygen atoms in total. The van der Waals surface area contributed by atoms with Crippen molar-refractivity contribution in [3.05, 3.63) is 0 Å². The molecule has 0 radical (unpaired) electrons. The predicted molar refractivity (Wildman–Crippen MR) is 76.0 cm³/mol. The van der Waals surface area contributed by atoms with Gasteiger partial charge in [-0.15, -0.1) is 0 Å². The van der Waals surface area contributed by atoms with E-state index in [4.69, 9.17) is 4.74 Å². The quantitative estimate of drug-likeness (QED) is 0.824. The molecule has 0 aromatic carbocycles. The number of methoxy groups -OCH3 is 1. The monoisotopic (exact) mass is 268 g/mol. The molecule has 1 saturated heterocycles. The molecule has 2 rings (SSSR count). The van der Waals surface area contributed by atoms with Crippen LogP contribution >= 0.6 is 0 Å². The van der Waals surface area contributed by atoms with Crippen LogP contribution < -0.4 is 5.32 Å². The van der Waals surface area contributed by atoms with Gasteiger partial charge in [-0.05, 0) is 37.5 Å². The van der Waals surface area contributed by atoms with E-state index < -0.39 is 0 Å². The highest BCUT2D eigenvalue weighted by Gasteiger charge is 2.33. The highest BCUT2D eigenvalue weighted by atomic mass is 16.5. The van der Waals surface area contributed by atoms with E-state index in [0.29, 0.717) is 6.04 Å². The molecule has 0 atom stereocenters. The Kier molecular flexibility index (Phi) is 5.22. The summed E-state index contributed by atoms with van der Waals surface area (Å²) in [5.41, 5.74) is 0. The lowest BCUT2D eigenvalue weighted by molar-refractivity contribution is -0.136. The first-order chi connectivity index (χ1) is 9.10. The van der Waals surface area contributed by atoms with Gasteiger partial charge >= 0.3 is 0 Å². The summed E-state index contributed by atoms with van der Waals surface area (Å²) in [5.74, 6) is 1.87. The minimum Gasteiger partial charge on any atom is -0.375 e. The zero-order valence-electron chi connectivity index (χ0n) is 12.5. The maximum atomic E-state index is 11.7. The topological polar surface area (TPSA) is 41.6 Å². The number of nitrogens with one attached hydrogen (secondary N) is 1. The molecule has 2 aliphatic rings. The smallest absolute Gasteiger partial charge is 0.248 e. The molecule has 0 aromatic heterocycles. The Morgan fingerprint density at radius 1 is 1.26 bits per heavy atom. The van der Waals surface area contributed by atoms with Crippen LogP contribution in [0.1, 0.15) is 39.5 Å². The lowest BCUT2D eigenvalue weighted by atomic mass is 9.73. The lowest BCUT2D eigenvalue weighted by Gasteiger charge is -2.42. The van der Waals surface area contributed by atoms with E-state index in [1.54, 1.807) is 7.11 Å². The van der Waals surface area contributed by atoms with Gasteiger partial charge in [-0.3, -0.25) is 4.79 Å².